The van der Waals surface area contributed by atoms with Gasteiger partial charge >= 0.3 is 5.97 Å². The van der Waals surface area contributed by atoms with Gasteiger partial charge in [0, 0.05) is 12.5 Å². The Balaban J connectivity index is 2.84. The fourth-order valence-corrected chi connectivity index (χ4v) is 1.77. The Morgan fingerprint density at radius 1 is 1.22 bits per heavy atom. The molecule has 0 aliphatic heterocycles. The number of carbonyl (C=O) groups excluding carboxylic acids is 1. The smallest absolute Gasteiger partial charge is 0.335 e. The van der Waals surface area contributed by atoms with Gasteiger partial charge in [0.1, 0.15) is 5.75 Å². The summed E-state index contributed by atoms with van der Waals surface area (Å²) in [6.45, 7) is 6.31. The molecule has 100 valence electrons. The Labute approximate surface area is 108 Å². The van der Waals surface area contributed by atoms with Crippen LogP contribution in [0.4, 0.5) is 0 Å². The summed E-state index contributed by atoms with van der Waals surface area (Å²) < 4.78 is 10.5. The number of hydrogen-bond acceptors (Lipinski definition) is 4. The summed E-state index contributed by atoms with van der Waals surface area (Å²) in [6, 6.07) is 6.76. The second kappa shape index (κ2) is 7.01. The van der Waals surface area contributed by atoms with Gasteiger partial charge in [0.2, 0.25) is 0 Å². The number of rotatable bonds is 6. The van der Waals surface area contributed by atoms with E-state index in [2.05, 4.69) is 0 Å². The van der Waals surface area contributed by atoms with Crippen molar-refractivity contribution in [2.75, 3.05) is 13.2 Å². The summed E-state index contributed by atoms with van der Waals surface area (Å²) in [6.07, 6.45) is -0.612. The first-order valence-corrected chi connectivity index (χ1v) is 6.17. The SMILES string of the molecule is CCOC(=O)[C@@H](OCC)C(C)c1ccc(O)cc1. The molecule has 18 heavy (non-hydrogen) atoms. The average Bonchev–Trinajstić information content (AvgIpc) is 2.36. The van der Waals surface area contributed by atoms with Gasteiger partial charge in [0.05, 0.1) is 6.61 Å². The van der Waals surface area contributed by atoms with Crippen molar-refractivity contribution in [1.82, 2.24) is 0 Å². The van der Waals surface area contributed by atoms with Gasteiger partial charge in [0.25, 0.3) is 0 Å². The lowest BCUT2D eigenvalue weighted by atomic mass is 9.95. The molecule has 1 unspecified atom stereocenters. The average molecular weight is 252 g/mol. The lowest BCUT2D eigenvalue weighted by molar-refractivity contribution is -0.157. The highest BCUT2D eigenvalue weighted by molar-refractivity contribution is 5.76. The number of esters is 1. The van der Waals surface area contributed by atoms with Crippen LogP contribution in [0.15, 0.2) is 24.3 Å². The van der Waals surface area contributed by atoms with E-state index in [0.717, 1.165) is 5.56 Å². The summed E-state index contributed by atoms with van der Waals surface area (Å²) in [7, 11) is 0. The van der Waals surface area contributed by atoms with E-state index in [0.29, 0.717) is 13.2 Å². The van der Waals surface area contributed by atoms with Gasteiger partial charge in [-0.3, -0.25) is 0 Å². The van der Waals surface area contributed by atoms with Crippen LogP contribution in [0.25, 0.3) is 0 Å². The highest BCUT2D eigenvalue weighted by atomic mass is 16.6. The molecule has 4 heteroatoms. The zero-order chi connectivity index (χ0) is 13.5. The second-order valence-corrected chi connectivity index (χ2v) is 4.01. The molecule has 0 heterocycles. The Morgan fingerprint density at radius 3 is 2.33 bits per heavy atom. The molecule has 0 bridgehead atoms. The first-order valence-electron chi connectivity index (χ1n) is 6.17. The van der Waals surface area contributed by atoms with Crippen LogP contribution in [0.2, 0.25) is 0 Å². The largest absolute Gasteiger partial charge is 0.508 e. The first-order chi connectivity index (χ1) is 8.60. The van der Waals surface area contributed by atoms with Gasteiger partial charge in [0.15, 0.2) is 6.10 Å². The van der Waals surface area contributed by atoms with E-state index in [4.69, 9.17) is 9.47 Å². The van der Waals surface area contributed by atoms with Crippen LogP contribution < -0.4 is 0 Å². The van der Waals surface area contributed by atoms with Crippen molar-refractivity contribution < 1.29 is 19.4 Å². The van der Waals surface area contributed by atoms with Crippen LogP contribution >= 0.6 is 0 Å². The Bertz CT molecular complexity index is 372. The van der Waals surface area contributed by atoms with E-state index >= 15 is 0 Å². The van der Waals surface area contributed by atoms with Crippen LogP contribution in [0, 0.1) is 0 Å². The molecule has 1 aromatic rings. The van der Waals surface area contributed by atoms with Gasteiger partial charge in [-0.2, -0.15) is 0 Å². The Kier molecular flexibility index (Phi) is 5.65. The van der Waals surface area contributed by atoms with Gasteiger partial charge in [-0.15, -0.1) is 0 Å². The third-order valence-electron chi connectivity index (χ3n) is 2.74. The molecule has 1 N–H and O–H groups in total. The summed E-state index contributed by atoms with van der Waals surface area (Å²) >= 11 is 0. The lowest BCUT2D eigenvalue weighted by Crippen LogP contribution is -2.31. The van der Waals surface area contributed by atoms with Gasteiger partial charge < -0.3 is 14.6 Å². The topological polar surface area (TPSA) is 55.8 Å². The van der Waals surface area contributed by atoms with Crippen LogP contribution in [0.5, 0.6) is 5.75 Å². The highest BCUT2D eigenvalue weighted by Crippen LogP contribution is 2.24. The number of benzene rings is 1. The van der Waals surface area contributed by atoms with Crippen molar-refractivity contribution >= 4 is 5.97 Å². The molecule has 0 saturated carbocycles. The number of hydrogen-bond donors (Lipinski definition) is 1. The van der Waals surface area contributed by atoms with Crippen molar-refractivity contribution in [1.29, 1.82) is 0 Å². The molecule has 1 aromatic carbocycles. The second-order valence-electron chi connectivity index (χ2n) is 4.01. The van der Waals surface area contributed by atoms with Crippen molar-refractivity contribution in [3.8, 4) is 5.75 Å². The van der Waals surface area contributed by atoms with Crippen molar-refractivity contribution in [2.24, 2.45) is 0 Å². The molecule has 4 nitrogen and oxygen atoms in total. The van der Waals surface area contributed by atoms with Crippen molar-refractivity contribution in [3.05, 3.63) is 29.8 Å². The Hall–Kier alpha value is -1.55. The molecular formula is C14H20O4. The quantitative estimate of drug-likeness (QED) is 0.790. The number of aromatic hydroxyl groups is 1. The summed E-state index contributed by atoms with van der Waals surface area (Å²) in [4.78, 5) is 11.8. The molecule has 0 aliphatic carbocycles. The standard InChI is InChI=1S/C14H20O4/c1-4-17-13(14(16)18-5-2)10(3)11-6-8-12(15)9-7-11/h6-10,13,15H,4-5H2,1-3H3/t10?,13-/m0/s1. The third kappa shape index (κ3) is 3.74. The molecule has 2 atom stereocenters. The predicted octanol–water partition coefficient (Wildman–Crippen LogP) is 2.46. The van der Waals surface area contributed by atoms with E-state index in [9.17, 15) is 9.90 Å². The summed E-state index contributed by atoms with van der Waals surface area (Å²) in [5, 5.41) is 9.25. The van der Waals surface area contributed by atoms with Crippen LogP contribution in [-0.2, 0) is 14.3 Å². The van der Waals surface area contributed by atoms with E-state index < -0.39 is 6.10 Å². The fraction of sp³-hybridized carbons (Fsp3) is 0.500. The van der Waals surface area contributed by atoms with Gasteiger partial charge in [-0.25, -0.2) is 4.79 Å². The molecule has 0 saturated heterocycles. The third-order valence-corrected chi connectivity index (χ3v) is 2.74. The molecule has 0 amide bonds. The monoisotopic (exact) mass is 252 g/mol. The molecule has 0 fully saturated rings. The first kappa shape index (κ1) is 14.5. The minimum absolute atomic E-state index is 0.121. The minimum atomic E-state index is -0.612. The predicted molar refractivity (Wildman–Crippen MR) is 68.6 cm³/mol. The van der Waals surface area contributed by atoms with Crippen LogP contribution in [0.3, 0.4) is 0 Å². The van der Waals surface area contributed by atoms with Gasteiger partial charge in [-0.05, 0) is 31.5 Å². The lowest BCUT2D eigenvalue weighted by Gasteiger charge is -2.22. The molecule has 0 spiro atoms. The molecular weight excluding hydrogens is 232 g/mol. The van der Waals surface area contributed by atoms with Gasteiger partial charge in [-0.1, -0.05) is 19.1 Å². The van der Waals surface area contributed by atoms with E-state index in [-0.39, 0.29) is 17.6 Å². The normalized spacial score (nSPS) is 13.9. The maximum atomic E-state index is 11.8. The molecule has 0 aromatic heterocycles. The van der Waals surface area contributed by atoms with E-state index in [1.807, 2.05) is 13.8 Å². The number of carbonyl (C=O) groups is 1. The summed E-state index contributed by atoms with van der Waals surface area (Å²) in [5.74, 6) is -0.264. The van der Waals surface area contributed by atoms with Crippen molar-refractivity contribution in [2.45, 2.75) is 32.8 Å². The zero-order valence-electron chi connectivity index (χ0n) is 11.1. The van der Waals surface area contributed by atoms with E-state index in [1.165, 1.54) is 0 Å². The maximum Gasteiger partial charge on any atom is 0.335 e. The summed E-state index contributed by atoms with van der Waals surface area (Å²) in [5.41, 5.74) is 0.930. The number of phenols is 1. The number of ether oxygens (including phenoxy) is 2. The minimum Gasteiger partial charge on any atom is -0.508 e. The molecule has 1 rings (SSSR count). The Morgan fingerprint density at radius 2 is 1.83 bits per heavy atom. The molecule has 0 aliphatic rings. The molecule has 0 radical (unpaired) electrons. The van der Waals surface area contributed by atoms with E-state index in [1.54, 1.807) is 31.2 Å². The highest BCUT2D eigenvalue weighted by Gasteiger charge is 2.28. The zero-order valence-corrected chi connectivity index (χ0v) is 11.1. The fourth-order valence-electron chi connectivity index (χ4n) is 1.77. The van der Waals surface area contributed by atoms with Crippen molar-refractivity contribution in [3.63, 3.8) is 0 Å². The number of phenolic OH excluding ortho intramolecular Hbond substituents is 1. The maximum absolute atomic E-state index is 11.8. The van der Waals surface area contributed by atoms with Crippen LogP contribution in [-0.4, -0.2) is 30.4 Å². The van der Waals surface area contributed by atoms with Crippen LogP contribution in [0.1, 0.15) is 32.3 Å².